The molecule has 0 fully saturated rings. The largest absolute Gasteiger partial charge is 0.508 e. The molecule has 2 rings (SSSR count). The summed E-state index contributed by atoms with van der Waals surface area (Å²) in [5.74, 6) is 0.299. The maximum Gasteiger partial charge on any atom is 0.115 e. The van der Waals surface area contributed by atoms with Crippen LogP contribution in [0.5, 0.6) is 5.75 Å². The molecule has 0 amide bonds. The molecule has 0 bridgehead atoms. The van der Waals surface area contributed by atoms with Gasteiger partial charge in [0.05, 0.1) is 6.33 Å². The van der Waals surface area contributed by atoms with Crippen molar-refractivity contribution in [3.63, 3.8) is 0 Å². The van der Waals surface area contributed by atoms with E-state index in [2.05, 4.69) is 9.97 Å². The molecule has 0 spiro atoms. The van der Waals surface area contributed by atoms with Crippen LogP contribution in [-0.2, 0) is 6.42 Å². The quantitative estimate of drug-likeness (QED) is 0.728. The number of hydrogen-bond acceptors (Lipinski definition) is 2. The van der Waals surface area contributed by atoms with Crippen LogP contribution < -0.4 is 0 Å². The van der Waals surface area contributed by atoms with Gasteiger partial charge in [0.1, 0.15) is 5.75 Å². The van der Waals surface area contributed by atoms with Crippen LogP contribution >= 0.6 is 0 Å². The van der Waals surface area contributed by atoms with Crippen LogP contribution in [-0.4, -0.2) is 15.1 Å². The van der Waals surface area contributed by atoms with Crippen LogP contribution in [0, 0.1) is 0 Å². The summed E-state index contributed by atoms with van der Waals surface area (Å²) in [4.78, 5) is 6.96. The number of benzene rings is 1. The number of phenols is 1. The molecule has 0 aliphatic heterocycles. The molecule has 0 saturated heterocycles. The molecule has 1 aromatic carbocycles. The maximum atomic E-state index is 9.06. The molecule has 13 heavy (non-hydrogen) atoms. The Morgan fingerprint density at radius 2 is 2.00 bits per heavy atom. The molecule has 3 nitrogen and oxygen atoms in total. The van der Waals surface area contributed by atoms with E-state index in [4.69, 9.17) is 5.11 Å². The van der Waals surface area contributed by atoms with Crippen molar-refractivity contribution in [1.29, 1.82) is 0 Å². The zero-order valence-electron chi connectivity index (χ0n) is 7.07. The highest BCUT2D eigenvalue weighted by atomic mass is 16.3. The summed E-state index contributed by atoms with van der Waals surface area (Å²) in [6, 6.07) is 7.17. The van der Waals surface area contributed by atoms with E-state index in [1.807, 2.05) is 12.1 Å². The van der Waals surface area contributed by atoms with Crippen molar-refractivity contribution >= 4 is 0 Å². The van der Waals surface area contributed by atoms with Gasteiger partial charge >= 0.3 is 0 Å². The number of hydrogen-bond donors (Lipinski definition) is 2. The van der Waals surface area contributed by atoms with Gasteiger partial charge < -0.3 is 10.1 Å². The summed E-state index contributed by atoms with van der Waals surface area (Å²) < 4.78 is 0. The third-order valence-corrected chi connectivity index (χ3v) is 1.89. The summed E-state index contributed by atoms with van der Waals surface area (Å²) in [5, 5.41) is 9.06. The Morgan fingerprint density at radius 3 is 2.62 bits per heavy atom. The Bertz CT molecular complexity index is 364. The molecule has 0 atom stereocenters. The van der Waals surface area contributed by atoms with Crippen LogP contribution in [0.2, 0.25) is 0 Å². The number of nitrogens with one attached hydrogen (secondary N) is 1. The zero-order chi connectivity index (χ0) is 9.10. The zero-order valence-corrected chi connectivity index (χ0v) is 7.07. The van der Waals surface area contributed by atoms with Gasteiger partial charge in [-0.25, -0.2) is 4.98 Å². The summed E-state index contributed by atoms with van der Waals surface area (Å²) in [7, 11) is 0. The van der Waals surface area contributed by atoms with Gasteiger partial charge in [-0.1, -0.05) is 12.1 Å². The Hall–Kier alpha value is -1.77. The highest BCUT2D eigenvalue weighted by molar-refractivity contribution is 5.28. The topological polar surface area (TPSA) is 48.9 Å². The normalized spacial score (nSPS) is 10.2. The van der Waals surface area contributed by atoms with Crippen molar-refractivity contribution in [3.8, 4) is 5.75 Å². The number of rotatable bonds is 2. The molecular formula is C10H10N2O. The standard InChI is InChI=1S/C10H10N2O/c13-10-3-1-8(2-4-10)5-9-6-11-7-12-9/h1-4,6-7,13H,5H2,(H,11,12). The second-order valence-corrected chi connectivity index (χ2v) is 2.92. The van der Waals surface area contributed by atoms with Gasteiger partial charge in [-0.3, -0.25) is 0 Å². The Kier molecular flexibility index (Phi) is 2.00. The Morgan fingerprint density at radius 1 is 1.23 bits per heavy atom. The molecular weight excluding hydrogens is 164 g/mol. The second kappa shape index (κ2) is 3.31. The fourth-order valence-electron chi connectivity index (χ4n) is 1.22. The number of imidazole rings is 1. The minimum Gasteiger partial charge on any atom is -0.508 e. The van der Waals surface area contributed by atoms with Crippen molar-refractivity contribution in [3.05, 3.63) is 48.0 Å². The van der Waals surface area contributed by atoms with Gasteiger partial charge in [0.15, 0.2) is 0 Å². The Labute approximate surface area is 76.1 Å². The highest BCUT2D eigenvalue weighted by Gasteiger charge is 1.96. The molecule has 0 saturated carbocycles. The van der Waals surface area contributed by atoms with Crippen molar-refractivity contribution in [2.24, 2.45) is 0 Å². The first-order valence-corrected chi connectivity index (χ1v) is 4.10. The van der Waals surface area contributed by atoms with E-state index in [1.165, 1.54) is 0 Å². The molecule has 2 aromatic rings. The molecule has 0 unspecified atom stereocenters. The van der Waals surface area contributed by atoms with Crippen molar-refractivity contribution in [2.45, 2.75) is 6.42 Å². The van der Waals surface area contributed by atoms with Gasteiger partial charge in [-0.05, 0) is 17.7 Å². The maximum absolute atomic E-state index is 9.06. The van der Waals surface area contributed by atoms with Crippen LogP contribution in [0.25, 0.3) is 0 Å². The minimum absolute atomic E-state index is 0.299. The summed E-state index contributed by atoms with van der Waals surface area (Å²) >= 11 is 0. The minimum atomic E-state index is 0.299. The first-order valence-electron chi connectivity index (χ1n) is 4.10. The van der Waals surface area contributed by atoms with E-state index >= 15 is 0 Å². The lowest BCUT2D eigenvalue weighted by Crippen LogP contribution is -1.86. The molecule has 2 N–H and O–H groups in total. The van der Waals surface area contributed by atoms with Crippen LogP contribution in [0.1, 0.15) is 11.3 Å². The van der Waals surface area contributed by atoms with Crippen LogP contribution in [0.3, 0.4) is 0 Å². The Balaban J connectivity index is 2.15. The number of aromatic amines is 1. The van der Waals surface area contributed by atoms with E-state index in [1.54, 1.807) is 24.7 Å². The predicted octanol–water partition coefficient (Wildman–Crippen LogP) is 1.71. The first-order chi connectivity index (χ1) is 6.34. The average Bonchev–Trinajstić information content (AvgIpc) is 2.62. The number of phenolic OH excluding ortho intramolecular Hbond substituents is 1. The lowest BCUT2D eigenvalue weighted by atomic mass is 10.1. The first kappa shape index (κ1) is 7.86. The number of aromatic nitrogens is 2. The third-order valence-electron chi connectivity index (χ3n) is 1.89. The highest BCUT2D eigenvalue weighted by Crippen LogP contribution is 2.12. The molecule has 1 heterocycles. The molecule has 66 valence electrons. The lowest BCUT2D eigenvalue weighted by molar-refractivity contribution is 0.475. The molecule has 0 aliphatic rings. The van der Waals surface area contributed by atoms with Crippen molar-refractivity contribution in [1.82, 2.24) is 9.97 Å². The third kappa shape index (κ3) is 1.87. The average molecular weight is 174 g/mol. The van der Waals surface area contributed by atoms with E-state index in [0.717, 1.165) is 17.7 Å². The fraction of sp³-hybridized carbons (Fsp3) is 0.100. The summed E-state index contributed by atoms with van der Waals surface area (Å²) in [5.41, 5.74) is 2.23. The van der Waals surface area contributed by atoms with Gasteiger partial charge in [-0.2, -0.15) is 0 Å². The summed E-state index contributed by atoms with van der Waals surface area (Å²) in [6.45, 7) is 0. The number of aromatic hydroxyl groups is 1. The second-order valence-electron chi connectivity index (χ2n) is 2.92. The SMILES string of the molecule is Oc1ccc(Cc2cnc[nH]2)cc1. The smallest absolute Gasteiger partial charge is 0.115 e. The van der Waals surface area contributed by atoms with Crippen LogP contribution in [0.15, 0.2) is 36.8 Å². The van der Waals surface area contributed by atoms with Gasteiger partial charge in [0, 0.05) is 18.3 Å². The molecule has 1 aromatic heterocycles. The molecule has 3 heteroatoms. The number of nitrogens with zero attached hydrogens (tertiary/aromatic N) is 1. The van der Waals surface area contributed by atoms with E-state index in [0.29, 0.717) is 5.75 Å². The molecule has 0 radical (unpaired) electrons. The van der Waals surface area contributed by atoms with Gasteiger partial charge in [-0.15, -0.1) is 0 Å². The van der Waals surface area contributed by atoms with E-state index < -0.39 is 0 Å². The van der Waals surface area contributed by atoms with Gasteiger partial charge in [0.2, 0.25) is 0 Å². The van der Waals surface area contributed by atoms with E-state index in [-0.39, 0.29) is 0 Å². The molecule has 0 aliphatic carbocycles. The number of H-pyrrole nitrogens is 1. The predicted molar refractivity (Wildman–Crippen MR) is 49.5 cm³/mol. The monoisotopic (exact) mass is 174 g/mol. The van der Waals surface area contributed by atoms with Crippen molar-refractivity contribution in [2.75, 3.05) is 0 Å². The fourth-order valence-corrected chi connectivity index (χ4v) is 1.22. The van der Waals surface area contributed by atoms with Crippen LogP contribution in [0.4, 0.5) is 0 Å². The summed E-state index contributed by atoms with van der Waals surface area (Å²) in [6.07, 6.45) is 4.28. The van der Waals surface area contributed by atoms with Gasteiger partial charge in [0.25, 0.3) is 0 Å². The lowest BCUT2D eigenvalue weighted by Gasteiger charge is -1.98. The van der Waals surface area contributed by atoms with Crippen molar-refractivity contribution < 1.29 is 5.11 Å². The van der Waals surface area contributed by atoms with E-state index in [9.17, 15) is 0 Å².